The van der Waals surface area contributed by atoms with Gasteiger partial charge in [0.1, 0.15) is 11.3 Å². The first-order valence-corrected chi connectivity index (χ1v) is 13.2. The van der Waals surface area contributed by atoms with Gasteiger partial charge in [-0.1, -0.05) is 97.1 Å². The Morgan fingerprint density at radius 3 is 1.81 bits per heavy atom. The summed E-state index contributed by atoms with van der Waals surface area (Å²) < 4.78 is 0. The van der Waals surface area contributed by atoms with Gasteiger partial charge in [0.2, 0.25) is 0 Å². The largest absolute Gasteiger partial charge is 0.357 e. The number of nitrogens with zero attached hydrogens (tertiary/aromatic N) is 7. The summed E-state index contributed by atoms with van der Waals surface area (Å²) in [6.07, 6.45) is 1.84. The molecule has 0 atom stereocenters. The molecule has 42 heavy (non-hydrogen) atoms. The number of aromatic nitrogens is 7. The van der Waals surface area contributed by atoms with Crippen molar-refractivity contribution in [2.75, 3.05) is 7.05 Å². The molecule has 0 amide bonds. The van der Waals surface area contributed by atoms with Gasteiger partial charge in [0.25, 0.3) is 0 Å². The summed E-state index contributed by atoms with van der Waals surface area (Å²) in [6, 6.07) is 32.0. The number of fused-ring (bicyclic) bond motifs is 16. The van der Waals surface area contributed by atoms with E-state index in [9.17, 15) is 0 Å². The molecule has 3 aromatic heterocycles. The van der Waals surface area contributed by atoms with E-state index in [1.165, 1.54) is 0 Å². The smallest absolute Gasteiger partial charge is 0.163 e. The second-order valence-electron chi connectivity index (χ2n) is 9.71. The zero-order valence-corrected chi connectivity index (χ0v) is 23.5. The third-order valence-corrected chi connectivity index (χ3v) is 7.30. The zero-order valence-electron chi connectivity index (χ0n) is 22.3. The molecule has 201 valence electrons. The van der Waals surface area contributed by atoms with Crippen LogP contribution in [0.5, 0.6) is 0 Å². The van der Waals surface area contributed by atoms with Gasteiger partial charge in [-0.2, -0.15) is 0 Å². The minimum Gasteiger partial charge on any atom is -0.357 e. The first-order chi connectivity index (χ1) is 20.3. The van der Waals surface area contributed by atoms with Gasteiger partial charge in [0.05, 0.1) is 11.3 Å². The fraction of sp³-hybridized carbons (Fsp3) is 0.0303. The molecule has 7 aromatic rings. The molecule has 1 aliphatic rings. The van der Waals surface area contributed by atoms with Gasteiger partial charge in [0.15, 0.2) is 5.82 Å². The molecule has 6 bridgehead atoms. The second-order valence-corrected chi connectivity index (χ2v) is 9.71. The van der Waals surface area contributed by atoms with E-state index in [0.717, 1.165) is 43.4 Å². The van der Waals surface area contributed by atoms with Crippen LogP contribution in [0.25, 0.3) is 77.7 Å². The Labute approximate surface area is 249 Å². The van der Waals surface area contributed by atoms with Crippen LogP contribution in [-0.4, -0.2) is 37.0 Å². The fourth-order valence-electron chi connectivity index (χ4n) is 5.35. The molecule has 1 N–H and O–H groups in total. The topological polar surface area (TPSA) is 107 Å². The van der Waals surface area contributed by atoms with E-state index in [0.29, 0.717) is 39.7 Å². The van der Waals surface area contributed by atoms with Gasteiger partial charge < -0.3 is 19.9 Å². The number of hydrogen-bond donors (Lipinski definition) is 1. The van der Waals surface area contributed by atoms with Crippen molar-refractivity contribution in [1.29, 1.82) is 0 Å². The van der Waals surface area contributed by atoms with Crippen LogP contribution in [0.3, 0.4) is 0 Å². The summed E-state index contributed by atoms with van der Waals surface area (Å²) in [5.41, 5.74) is 4.86. The van der Waals surface area contributed by atoms with Crippen LogP contribution in [0.2, 0.25) is 0 Å². The van der Waals surface area contributed by atoms with Gasteiger partial charge in [-0.25, -0.2) is 15.0 Å². The quantitative estimate of drug-likeness (QED) is 0.215. The van der Waals surface area contributed by atoms with Crippen LogP contribution in [0.1, 0.15) is 0 Å². The molecule has 4 aromatic carbocycles. The normalized spacial score (nSPS) is 11.9. The molecule has 0 saturated heterocycles. The van der Waals surface area contributed by atoms with Crippen molar-refractivity contribution in [2.24, 2.45) is 4.99 Å². The first kappa shape index (κ1) is 25.7. The molecule has 0 aliphatic carbocycles. The van der Waals surface area contributed by atoms with E-state index in [2.05, 4.69) is 9.98 Å². The number of rotatable bonds is 0. The molecular formula is C33H21MnN8-. The standard InChI is InChI=1S/C33H21N8.Mn/c1-34-27-20-11-3-2-10-19(20)18-35-28-21-12-4-5-13-22(21)30(37-28)39-32-25-16-8-9-17-26(25)33(41-32)40-31-24-15-7-6-14-23(24)29(36-27)38-31;/h2-18H,1H3,(H-,34,35,36,37,38,39,40,41);/q-1;. The number of nitrogens with one attached hydrogen (secondary N) is 1. The Balaban J connectivity index is 0.00000288. The SMILES string of the molecule is CN=c1nc2[n-]c(nc3nc(nc4[nH]c(ncc5ccccc15)c1ccccc41)-c1ccccc1-3)c1ccccc21.[Mn]. The molecule has 0 unspecified atom stereocenters. The van der Waals surface area contributed by atoms with Gasteiger partial charge in [-0.05, 0) is 10.8 Å². The van der Waals surface area contributed by atoms with E-state index in [4.69, 9.17) is 29.9 Å². The predicted octanol–water partition coefficient (Wildman–Crippen LogP) is 6.14. The molecule has 4 heterocycles. The molecule has 0 saturated carbocycles. The average Bonchev–Trinajstić information content (AvgIpc) is 3.67. The predicted molar refractivity (Wildman–Crippen MR) is 162 cm³/mol. The maximum Gasteiger partial charge on any atom is 0.163 e. The first-order valence-electron chi connectivity index (χ1n) is 13.2. The summed E-state index contributed by atoms with van der Waals surface area (Å²) in [5.74, 6) is 1.14. The van der Waals surface area contributed by atoms with Crippen LogP contribution < -0.4 is 10.5 Å². The van der Waals surface area contributed by atoms with Gasteiger partial charge in [0, 0.05) is 74.3 Å². The zero-order chi connectivity index (χ0) is 27.3. The van der Waals surface area contributed by atoms with E-state index in [-0.39, 0.29) is 17.1 Å². The van der Waals surface area contributed by atoms with E-state index < -0.39 is 0 Å². The number of hydrogen-bond acceptors (Lipinski definition) is 6. The number of aromatic amines is 1. The van der Waals surface area contributed by atoms with Crippen LogP contribution in [0.4, 0.5) is 0 Å². The molecule has 0 fully saturated rings. The van der Waals surface area contributed by atoms with Crippen LogP contribution in [0.15, 0.2) is 108 Å². The monoisotopic (exact) mass is 584 g/mol. The summed E-state index contributed by atoms with van der Waals surface area (Å²) >= 11 is 0. The van der Waals surface area contributed by atoms with Crippen molar-refractivity contribution in [3.05, 3.63) is 109 Å². The van der Waals surface area contributed by atoms with Crippen molar-refractivity contribution >= 4 is 54.9 Å². The molecule has 1 aliphatic heterocycles. The molecular weight excluding hydrogens is 563 g/mol. The van der Waals surface area contributed by atoms with Crippen molar-refractivity contribution < 1.29 is 17.1 Å². The van der Waals surface area contributed by atoms with Gasteiger partial charge in [-0.15, -0.1) is 0 Å². The second kappa shape index (κ2) is 10.3. The summed E-state index contributed by atoms with van der Waals surface area (Å²) in [4.78, 5) is 37.5. The van der Waals surface area contributed by atoms with Crippen LogP contribution >= 0.6 is 0 Å². The van der Waals surface area contributed by atoms with Crippen LogP contribution in [-0.2, 0) is 17.1 Å². The molecule has 8 rings (SSSR count). The third kappa shape index (κ3) is 4.15. The maximum atomic E-state index is 5.00. The van der Waals surface area contributed by atoms with Gasteiger partial charge >= 0.3 is 0 Å². The summed E-state index contributed by atoms with van der Waals surface area (Å²) in [7, 11) is 1.74. The van der Waals surface area contributed by atoms with Crippen molar-refractivity contribution in [3.63, 3.8) is 0 Å². The van der Waals surface area contributed by atoms with Gasteiger partial charge in [-0.3, -0.25) is 4.99 Å². The Kier molecular flexibility index (Phi) is 6.31. The minimum absolute atomic E-state index is 0. The Morgan fingerprint density at radius 1 is 0.571 bits per heavy atom. The van der Waals surface area contributed by atoms with E-state index in [1.54, 1.807) is 7.05 Å². The maximum absolute atomic E-state index is 5.00. The fourth-order valence-corrected chi connectivity index (χ4v) is 5.35. The molecule has 1 radical (unpaired) electrons. The Hall–Kier alpha value is -5.24. The van der Waals surface area contributed by atoms with Crippen molar-refractivity contribution in [2.45, 2.75) is 0 Å². The average molecular weight is 585 g/mol. The Morgan fingerprint density at radius 2 is 1.12 bits per heavy atom. The third-order valence-electron chi connectivity index (χ3n) is 7.30. The summed E-state index contributed by atoms with van der Waals surface area (Å²) in [5, 5.41) is 5.44. The summed E-state index contributed by atoms with van der Waals surface area (Å²) in [6.45, 7) is 0. The Bertz CT molecular complexity index is 2410. The van der Waals surface area contributed by atoms with E-state index in [1.807, 2.05) is 103 Å². The van der Waals surface area contributed by atoms with E-state index >= 15 is 0 Å². The molecule has 9 heteroatoms. The molecule has 0 spiro atoms. The number of H-pyrrole nitrogens is 1. The minimum atomic E-state index is 0. The van der Waals surface area contributed by atoms with Crippen LogP contribution in [0, 0.1) is 0 Å². The number of benzene rings is 4. The van der Waals surface area contributed by atoms with Crippen molar-refractivity contribution in [1.82, 2.24) is 34.9 Å². The van der Waals surface area contributed by atoms with Crippen molar-refractivity contribution in [3.8, 4) is 22.8 Å². The molecule has 8 nitrogen and oxygen atoms in total.